The molecule has 1 aromatic carbocycles. The van der Waals surface area contributed by atoms with E-state index in [4.69, 9.17) is 5.73 Å². The van der Waals surface area contributed by atoms with Gasteiger partial charge < -0.3 is 16.2 Å². The van der Waals surface area contributed by atoms with Gasteiger partial charge in [-0.15, -0.1) is 0 Å². The molecule has 1 heterocycles. The number of nitrogens with two attached hydrogens (primary N) is 1. The van der Waals surface area contributed by atoms with Gasteiger partial charge in [0.25, 0.3) is 5.91 Å². The van der Waals surface area contributed by atoms with Gasteiger partial charge in [-0.1, -0.05) is 30.3 Å². The zero-order chi connectivity index (χ0) is 15.4. The van der Waals surface area contributed by atoms with Gasteiger partial charge in [-0.05, 0) is 18.9 Å². The van der Waals surface area contributed by atoms with E-state index in [9.17, 15) is 9.90 Å². The SMILES string of the molecule is Cc1nn(C)c(C(=O)N[C@H](CO)Cc2ccccc2)c1N. The van der Waals surface area contributed by atoms with Gasteiger partial charge in [0.2, 0.25) is 0 Å². The van der Waals surface area contributed by atoms with E-state index in [2.05, 4.69) is 10.4 Å². The summed E-state index contributed by atoms with van der Waals surface area (Å²) in [7, 11) is 1.67. The lowest BCUT2D eigenvalue weighted by molar-refractivity contribution is 0.0908. The maximum absolute atomic E-state index is 12.3. The minimum absolute atomic E-state index is 0.141. The number of hydrogen-bond donors (Lipinski definition) is 3. The van der Waals surface area contributed by atoms with Gasteiger partial charge in [-0.3, -0.25) is 9.48 Å². The highest BCUT2D eigenvalue weighted by Crippen LogP contribution is 2.15. The fourth-order valence-electron chi connectivity index (χ4n) is 2.26. The van der Waals surface area contributed by atoms with Crippen molar-refractivity contribution in [2.24, 2.45) is 7.05 Å². The summed E-state index contributed by atoms with van der Waals surface area (Å²) in [4.78, 5) is 12.3. The lowest BCUT2D eigenvalue weighted by Crippen LogP contribution is -2.40. The van der Waals surface area contributed by atoms with Gasteiger partial charge in [0.1, 0.15) is 5.69 Å². The van der Waals surface area contributed by atoms with Crippen molar-refractivity contribution < 1.29 is 9.90 Å². The van der Waals surface area contributed by atoms with Crippen molar-refractivity contribution in [1.29, 1.82) is 0 Å². The number of aliphatic hydroxyl groups excluding tert-OH is 1. The number of carbonyl (C=O) groups is 1. The van der Waals surface area contributed by atoms with Crippen LogP contribution in [0.15, 0.2) is 30.3 Å². The summed E-state index contributed by atoms with van der Waals surface area (Å²) >= 11 is 0. The van der Waals surface area contributed by atoms with Gasteiger partial charge in [-0.2, -0.15) is 5.10 Å². The number of nitrogen functional groups attached to an aromatic ring is 1. The minimum atomic E-state index is -0.366. The Morgan fingerprint density at radius 3 is 2.62 bits per heavy atom. The molecule has 0 fully saturated rings. The van der Waals surface area contributed by atoms with Gasteiger partial charge >= 0.3 is 0 Å². The third-order valence-electron chi connectivity index (χ3n) is 3.36. The second-order valence-electron chi connectivity index (χ2n) is 5.01. The largest absolute Gasteiger partial charge is 0.395 e. The molecule has 0 aliphatic heterocycles. The smallest absolute Gasteiger partial charge is 0.272 e. The van der Waals surface area contributed by atoms with E-state index in [1.807, 2.05) is 30.3 Å². The number of anilines is 1. The van der Waals surface area contributed by atoms with Crippen LogP contribution in [-0.4, -0.2) is 33.4 Å². The molecule has 0 spiro atoms. The molecular formula is C15H20N4O2. The summed E-state index contributed by atoms with van der Waals surface area (Å²) in [6.07, 6.45) is 0.555. The van der Waals surface area contributed by atoms with E-state index in [1.165, 1.54) is 4.68 Å². The third-order valence-corrected chi connectivity index (χ3v) is 3.36. The van der Waals surface area contributed by atoms with Crippen LogP contribution in [0.5, 0.6) is 0 Å². The Labute approximate surface area is 123 Å². The molecule has 6 nitrogen and oxygen atoms in total. The van der Waals surface area contributed by atoms with Crippen LogP contribution in [0.4, 0.5) is 5.69 Å². The van der Waals surface area contributed by atoms with Crippen LogP contribution in [0.2, 0.25) is 0 Å². The highest BCUT2D eigenvalue weighted by atomic mass is 16.3. The molecule has 112 valence electrons. The summed E-state index contributed by atoms with van der Waals surface area (Å²) in [5.41, 5.74) is 8.22. The molecule has 1 aromatic heterocycles. The van der Waals surface area contributed by atoms with Crippen molar-refractivity contribution in [1.82, 2.24) is 15.1 Å². The fraction of sp³-hybridized carbons (Fsp3) is 0.333. The average molecular weight is 288 g/mol. The van der Waals surface area contributed by atoms with Crippen molar-refractivity contribution in [2.75, 3.05) is 12.3 Å². The second-order valence-corrected chi connectivity index (χ2v) is 5.01. The molecule has 0 aliphatic carbocycles. The van der Waals surface area contributed by atoms with E-state index in [0.717, 1.165) is 5.56 Å². The van der Waals surface area contributed by atoms with E-state index >= 15 is 0 Å². The number of aromatic nitrogens is 2. The number of nitrogens with one attached hydrogen (secondary N) is 1. The highest BCUT2D eigenvalue weighted by molar-refractivity contribution is 5.98. The first-order valence-electron chi connectivity index (χ1n) is 6.77. The van der Waals surface area contributed by atoms with Gasteiger partial charge in [-0.25, -0.2) is 0 Å². The summed E-state index contributed by atoms with van der Waals surface area (Å²) in [5, 5.41) is 16.4. The zero-order valence-corrected chi connectivity index (χ0v) is 12.2. The Bertz CT molecular complexity index is 622. The third kappa shape index (κ3) is 3.41. The maximum atomic E-state index is 12.3. The number of amides is 1. The Morgan fingerprint density at radius 1 is 1.43 bits per heavy atom. The number of hydrogen-bond acceptors (Lipinski definition) is 4. The van der Waals surface area contributed by atoms with Crippen molar-refractivity contribution in [3.05, 3.63) is 47.3 Å². The first-order chi connectivity index (χ1) is 10.0. The van der Waals surface area contributed by atoms with Gasteiger partial charge in [0.05, 0.1) is 24.0 Å². The molecule has 0 unspecified atom stereocenters. The number of rotatable bonds is 5. The van der Waals surface area contributed by atoms with E-state index in [1.54, 1.807) is 14.0 Å². The van der Waals surface area contributed by atoms with Crippen LogP contribution in [0.1, 0.15) is 21.7 Å². The molecule has 0 saturated carbocycles. The molecule has 2 rings (SSSR count). The van der Waals surface area contributed by atoms with Gasteiger partial charge in [0, 0.05) is 7.05 Å². The fourth-order valence-corrected chi connectivity index (χ4v) is 2.26. The van der Waals surface area contributed by atoms with Crippen molar-refractivity contribution >= 4 is 11.6 Å². The lowest BCUT2D eigenvalue weighted by atomic mass is 10.1. The molecular weight excluding hydrogens is 268 g/mol. The van der Waals surface area contributed by atoms with Gasteiger partial charge in [0.15, 0.2) is 0 Å². The quantitative estimate of drug-likeness (QED) is 0.753. The summed E-state index contributed by atoms with van der Waals surface area (Å²) in [6.45, 7) is 1.61. The molecule has 21 heavy (non-hydrogen) atoms. The zero-order valence-electron chi connectivity index (χ0n) is 12.2. The van der Waals surface area contributed by atoms with Crippen LogP contribution in [0.3, 0.4) is 0 Å². The monoisotopic (exact) mass is 288 g/mol. The number of nitrogens with zero attached hydrogens (tertiary/aromatic N) is 2. The molecule has 0 saturated heterocycles. The van der Waals surface area contributed by atoms with Crippen molar-refractivity contribution in [3.8, 4) is 0 Å². The van der Waals surface area contributed by atoms with Crippen LogP contribution in [0, 0.1) is 6.92 Å². The molecule has 0 bridgehead atoms. The maximum Gasteiger partial charge on any atom is 0.272 e. The molecule has 1 amide bonds. The number of carbonyl (C=O) groups excluding carboxylic acids is 1. The molecule has 2 aromatic rings. The molecule has 0 aliphatic rings. The molecule has 6 heteroatoms. The topological polar surface area (TPSA) is 93.2 Å². The number of benzene rings is 1. The van der Waals surface area contributed by atoms with E-state index in [0.29, 0.717) is 23.5 Å². The van der Waals surface area contributed by atoms with Crippen LogP contribution in [0.25, 0.3) is 0 Å². The lowest BCUT2D eigenvalue weighted by Gasteiger charge is -2.16. The molecule has 1 atom stereocenters. The Morgan fingerprint density at radius 2 is 2.10 bits per heavy atom. The Balaban J connectivity index is 2.09. The highest BCUT2D eigenvalue weighted by Gasteiger charge is 2.20. The standard InChI is InChI=1S/C15H20N4O2/c1-10-13(16)14(19(2)18-10)15(21)17-12(9-20)8-11-6-4-3-5-7-11/h3-7,12,20H,8-9,16H2,1-2H3,(H,17,21)/t12-/m0/s1. The first kappa shape index (κ1) is 15.1. The normalized spacial score (nSPS) is 12.1. The molecule has 4 N–H and O–H groups in total. The van der Waals surface area contributed by atoms with Crippen LogP contribution >= 0.6 is 0 Å². The molecule has 0 radical (unpaired) electrons. The van der Waals surface area contributed by atoms with E-state index < -0.39 is 0 Å². The first-order valence-corrected chi connectivity index (χ1v) is 6.77. The number of aryl methyl sites for hydroxylation is 2. The predicted octanol–water partition coefficient (Wildman–Crippen LogP) is 0.644. The Hall–Kier alpha value is -2.34. The average Bonchev–Trinajstić information content (AvgIpc) is 2.72. The number of aliphatic hydroxyl groups is 1. The minimum Gasteiger partial charge on any atom is -0.395 e. The van der Waals surface area contributed by atoms with Crippen molar-refractivity contribution in [3.63, 3.8) is 0 Å². The van der Waals surface area contributed by atoms with E-state index in [-0.39, 0.29) is 18.6 Å². The van der Waals surface area contributed by atoms with Crippen molar-refractivity contribution in [2.45, 2.75) is 19.4 Å². The van der Waals surface area contributed by atoms with Crippen LogP contribution in [-0.2, 0) is 13.5 Å². The summed E-state index contributed by atoms with van der Waals surface area (Å²) < 4.78 is 1.46. The van der Waals surface area contributed by atoms with Crippen LogP contribution < -0.4 is 11.1 Å². The summed E-state index contributed by atoms with van der Waals surface area (Å²) in [6, 6.07) is 9.32. The predicted molar refractivity (Wildman–Crippen MR) is 80.8 cm³/mol. The second kappa shape index (κ2) is 6.41. The Kier molecular flexibility index (Phi) is 4.59. The summed E-state index contributed by atoms with van der Waals surface area (Å²) in [5.74, 6) is -0.328.